The summed E-state index contributed by atoms with van der Waals surface area (Å²) in [5.74, 6) is 0.0878. The molecule has 0 aromatic carbocycles. The van der Waals surface area contributed by atoms with Crippen LogP contribution in [0.4, 0.5) is 5.82 Å². The predicted octanol–water partition coefficient (Wildman–Crippen LogP) is 0.739. The summed E-state index contributed by atoms with van der Waals surface area (Å²) in [6, 6.07) is 1.50. The van der Waals surface area contributed by atoms with Crippen LogP contribution in [0.15, 0.2) is 21.6 Å². The normalized spacial score (nSPS) is 17.1. The van der Waals surface area contributed by atoms with Gasteiger partial charge >= 0.3 is 0 Å². The van der Waals surface area contributed by atoms with Gasteiger partial charge in [-0.15, -0.1) is 0 Å². The van der Waals surface area contributed by atoms with Gasteiger partial charge in [0.25, 0.3) is 0 Å². The molecular weight excluding hydrogens is 360 g/mol. The van der Waals surface area contributed by atoms with Crippen molar-refractivity contribution in [3.05, 3.63) is 16.7 Å². The van der Waals surface area contributed by atoms with E-state index in [1.165, 1.54) is 21.5 Å². The molecule has 0 spiro atoms. The van der Waals surface area contributed by atoms with E-state index in [1.54, 1.807) is 7.05 Å². The predicted molar refractivity (Wildman–Crippen MR) is 82.5 cm³/mol. The fourth-order valence-corrected chi connectivity index (χ4v) is 4.01. The third-order valence-corrected chi connectivity index (χ3v) is 5.50. The van der Waals surface area contributed by atoms with Crippen LogP contribution in [0.5, 0.6) is 0 Å². The number of halogens is 1. The van der Waals surface area contributed by atoms with Crippen LogP contribution in [-0.4, -0.2) is 61.7 Å². The average Bonchev–Trinajstić information content (AvgIpc) is 2.44. The summed E-state index contributed by atoms with van der Waals surface area (Å²) in [7, 11) is -2.10. The third-order valence-electron chi connectivity index (χ3n) is 3.20. The molecule has 1 aromatic heterocycles. The molecule has 9 heteroatoms. The standard InChI is InChI=1S/C12H17BrN4O3S/c1-3-14-12-10(6-9(13)7-15-12)21(19,20)17-5-4-16(2)11(18)8-17/h6-7H,3-5,8H2,1-2H3,(H,14,15). The lowest BCUT2D eigenvalue weighted by Crippen LogP contribution is -2.50. The highest BCUT2D eigenvalue weighted by Gasteiger charge is 2.33. The van der Waals surface area contributed by atoms with Gasteiger partial charge in [0.05, 0.1) is 6.54 Å². The number of pyridine rings is 1. The largest absolute Gasteiger partial charge is 0.369 e. The van der Waals surface area contributed by atoms with Crippen molar-refractivity contribution in [2.45, 2.75) is 11.8 Å². The molecule has 1 fully saturated rings. The number of carbonyl (C=O) groups excluding carboxylic acids is 1. The minimum atomic E-state index is -3.76. The number of amides is 1. The monoisotopic (exact) mass is 376 g/mol. The summed E-state index contributed by atoms with van der Waals surface area (Å²) in [5.41, 5.74) is 0. The zero-order valence-corrected chi connectivity index (χ0v) is 14.2. The molecule has 1 N–H and O–H groups in total. The fraction of sp³-hybridized carbons (Fsp3) is 0.500. The van der Waals surface area contributed by atoms with Gasteiger partial charge in [0.15, 0.2) is 0 Å². The molecule has 2 rings (SSSR count). The maximum absolute atomic E-state index is 12.7. The molecular formula is C12H17BrN4O3S. The summed E-state index contributed by atoms with van der Waals surface area (Å²) in [6.07, 6.45) is 1.53. The molecule has 116 valence electrons. The van der Waals surface area contributed by atoms with Gasteiger partial charge in [-0.2, -0.15) is 4.31 Å². The van der Waals surface area contributed by atoms with E-state index in [0.717, 1.165) is 0 Å². The van der Waals surface area contributed by atoms with Gasteiger partial charge in [0.2, 0.25) is 15.9 Å². The number of rotatable bonds is 4. The highest BCUT2D eigenvalue weighted by atomic mass is 79.9. The smallest absolute Gasteiger partial charge is 0.247 e. The molecule has 1 amide bonds. The molecule has 1 aliphatic rings. The number of piperazine rings is 1. The van der Waals surface area contributed by atoms with Gasteiger partial charge < -0.3 is 10.2 Å². The molecule has 0 radical (unpaired) electrons. The van der Waals surface area contributed by atoms with Crippen molar-refractivity contribution in [3.63, 3.8) is 0 Å². The molecule has 2 heterocycles. The Balaban J connectivity index is 2.39. The first-order valence-corrected chi connectivity index (χ1v) is 8.73. The molecule has 0 unspecified atom stereocenters. The molecule has 7 nitrogen and oxygen atoms in total. The minimum absolute atomic E-state index is 0.0797. The molecule has 0 saturated carbocycles. The molecule has 1 aliphatic heterocycles. The van der Waals surface area contributed by atoms with E-state index in [-0.39, 0.29) is 23.9 Å². The highest BCUT2D eigenvalue weighted by molar-refractivity contribution is 9.10. The molecule has 1 saturated heterocycles. The Labute approximate surface area is 132 Å². The zero-order valence-electron chi connectivity index (χ0n) is 11.8. The van der Waals surface area contributed by atoms with E-state index in [4.69, 9.17) is 0 Å². The SMILES string of the molecule is CCNc1ncc(Br)cc1S(=O)(=O)N1CCN(C)C(=O)C1. The number of nitrogens with zero attached hydrogens (tertiary/aromatic N) is 3. The Morgan fingerprint density at radius 3 is 2.76 bits per heavy atom. The summed E-state index contributed by atoms with van der Waals surface area (Å²) >= 11 is 3.24. The average molecular weight is 377 g/mol. The van der Waals surface area contributed by atoms with E-state index in [1.807, 2.05) is 6.92 Å². The minimum Gasteiger partial charge on any atom is -0.369 e. The maximum Gasteiger partial charge on any atom is 0.247 e. The van der Waals surface area contributed by atoms with Crippen molar-refractivity contribution in [3.8, 4) is 0 Å². The number of sulfonamides is 1. The van der Waals surface area contributed by atoms with Crippen LogP contribution in [0.25, 0.3) is 0 Å². The number of likely N-dealkylation sites (N-methyl/N-ethyl adjacent to an activating group) is 1. The molecule has 0 atom stereocenters. The van der Waals surface area contributed by atoms with Crippen LogP contribution in [0.3, 0.4) is 0 Å². The zero-order chi connectivity index (χ0) is 15.6. The lowest BCUT2D eigenvalue weighted by molar-refractivity contribution is -0.132. The van der Waals surface area contributed by atoms with Crippen molar-refractivity contribution in [1.82, 2.24) is 14.2 Å². The number of hydrogen-bond donors (Lipinski definition) is 1. The first-order valence-electron chi connectivity index (χ1n) is 6.49. The van der Waals surface area contributed by atoms with Gasteiger partial charge in [-0.05, 0) is 28.9 Å². The van der Waals surface area contributed by atoms with Crippen molar-refractivity contribution >= 4 is 37.7 Å². The second kappa shape index (κ2) is 6.29. The quantitative estimate of drug-likeness (QED) is 0.837. The Bertz CT molecular complexity index is 650. The Hall–Kier alpha value is -1.19. The lowest BCUT2D eigenvalue weighted by Gasteiger charge is -2.31. The van der Waals surface area contributed by atoms with Crippen LogP contribution in [0.1, 0.15) is 6.92 Å². The van der Waals surface area contributed by atoms with Gasteiger partial charge in [-0.25, -0.2) is 13.4 Å². The van der Waals surface area contributed by atoms with Gasteiger partial charge in [-0.1, -0.05) is 0 Å². The van der Waals surface area contributed by atoms with Crippen LogP contribution in [-0.2, 0) is 14.8 Å². The third kappa shape index (κ3) is 3.35. The first-order chi connectivity index (χ1) is 9.86. The number of aromatic nitrogens is 1. The topological polar surface area (TPSA) is 82.6 Å². The maximum atomic E-state index is 12.7. The second-order valence-corrected chi connectivity index (χ2v) is 7.51. The van der Waals surface area contributed by atoms with Crippen molar-refractivity contribution in [2.24, 2.45) is 0 Å². The van der Waals surface area contributed by atoms with E-state index in [2.05, 4.69) is 26.2 Å². The fourth-order valence-electron chi connectivity index (χ4n) is 2.00. The summed E-state index contributed by atoms with van der Waals surface area (Å²) in [6.45, 7) is 2.94. The van der Waals surface area contributed by atoms with E-state index in [0.29, 0.717) is 23.4 Å². The van der Waals surface area contributed by atoms with Gasteiger partial charge in [0.1, 0.15) is 10.7 Å². The summed E-state index contributed by atoms with van der Waals surface area (Å²) < 4.78 is 27.2. The number of hydrogen-bond acceptors (Lipinski definition) is 5. The van der Waals surface area contributed by atoms with Crippen LogP contribution >= 0.6 is 15.9 Å². The number of anilines is 1. The lowest BCUT2D eigenvalue weighted by atomic mass is 10.4. The van der Waals surface area contributed by atoms with Gasteiger partial charge in [-0.3, -0.25) is 4.79 Å². The second-order valence-electron chi connectivity index (χ2n) is 4.68. The molecule has 21 heavy (non-hydrogen) atoms. The van der Waals surface area contributed by atoms with E-state index >= 15 is 0 Å². The van der Waals surface area contributed by atoms with Gasteiger partial charge in [0, 0.05) is 37.4 Å². The van der Waals surface area contributed by atoms with Crippen LogP contribution in [0.2, 0.25) is 0 Å². The van der Waals surface area contributed by atoms with Crippen LogP contribution < -0.4 is 5.32 Å². The van der Waals surface area contributed by atoms with Crippen molar-refractivity contribution < 1.29 is 13.2 Å². The number of carbonyl (C=O) groups is 1. The Morgan fingerprint density at radius 2 is 2.14 bits per heavy atom. The van der Waals surface area contributed by atoms with Crippen LogP contribution in [0, 0.1) is 0 Å². The molecule has 0 aliphatic carbocycles. The summed E-state index contributed by atoms with van der Waals surface area (Å²) in [4.78, 5) is 17.4. The van der Waals surface area contributed by atoms with Crippen molar-refractivity contribution in [1.29, 1.82) is 0 Å². The van der Waals surface area contributed by atoms with E-state index < -0.39 is 10.0 Å². The Morgan fingerprint density at radius 1 is 1.43 bits per heavy atom. The molecule has 0 bridgehead atoms. The van der Waals surface area contributed by atoms with Crippen molar-refractivity contribution in [2.75, 3.05) is 38.5 Å². The molecule has 1 aromatic rings. The highest BCUT2D eigenvalue weighted by Crippen LogP contribution is 2.26. The Kier molecular flexibility index (Phi) is 4.84. The summed E-state index contributed by atoms with van der Waals surface area (Å²) in [5, 5.41) is 2.94. The number of nitrogens with one attached hydrogen (secondary N) is 1. The first kappa shape index (κ1) is 16.2. The van der Waals surface area contributed by atoms with E-state index in [9.17, 15) is 13.2 Å².